The Bertz CT molecular complexity index is 657. The van der Waals surface area contributed by atoms with Crippen molar-refractivity contribution in [2.45, 2.75) is 18.5 Å². The predicted molar refractivity (Wildman–Crippen MR) is 86.6 cm³/mol. The number of halogens is 2. The lowest BCUT2D eigenvalue weighted by Gasteiger charge is -2.36. The molecule has 0 spiro atoms. The smallest absolute Gasteiger partial charge is 0.318 e. The van der Waals surface area contributed by atoms with Gasteiger partial charge < -0.3 is 19.9 Å². The van der Waals surface area contributed by atoms with E-state index in [-0.39, 0.29) is 34.6 Å². The number of likely N-dealkylation sites (tertiary alicyclic amines) is 1. The van der Waals surface area contributed by atoms with Crippen molar-refractivity contribution in [3.05, 3.63) is 34.6 Å². The largest absolute Gasteiger partial charge is 0.383 e. The fraction of sp³-hybridized carbons (Fsp3) is 0.500. The van der Waals surface area contributed by atoms with Crippen molar-refractivity contribution in [1.29, 1.82) is 0 Å². The maximum atomic E-state index is 13.6. The lowest BCUT2D eigenvalue weighted by molar-refractivity contribution is 0.0641. The number of nitrogens with one attached hydrogen (secondary N) is 1. The molecular weight excluding hydrogens is 337 g/mol. The number of amides is 3. The second-order valence-electron chi connectivity index (χ2n) is 5.98. The molecule has 0 saturated carbocycles. The highest BCUT2D eigenvalue weighted by molar-refractivity contribution is 6.30. The highest BCUT2D eigenvalue weighted by atomic mass is 35.5. The molecule has 130 valence electrons. The third kappa shape index (κ3) is 3.18. The molecule has 3 rings (SSSR count). The SMILES string of the molecule is COCCN1C(=O)N[C@@H]2CN(C(=O)c3ccc(Cl)c(F)c3)CC[C@@H]21. The lowest BCUT2D eigenvalue weighted by Crippen LogP contribution is -2.53. The van der Waals surface area contributed by atoms with Crippen molar-refractivity contribution < 1.29 is 18.7 Å². The number of carbonyl (C=O) groups is 2. The van der Waals surface area contributed by atoms with Crippen LogP contribution in [0.15, 0.2) is 18.2 Å². The third-order valence-corrected chi connectivity index (χ3v) is 4.84. The van der Waals surface area contributed by atoms with Crippen LogP contribution in [0.2, 0.25) is 5.02 Å². The van der Waals surface area contributed by atoms with Gasteiger partial charge in [0.2, 0.25) is 0 Å². The lowest BCUT2D eigenvalue weighted by atomic mass is 9.99. The molecule has 24 heavy (non-hydrogen) atoms. The summed E-state index contributed by atoms with van der Waals surface area (Å²) in [5, 5.41) is 2.90. The normalized spacial score (nSPS) is 23.2. The first-order valence-electron chi connectivity index (χ1n) is 7.81. The van der Waals surface area contributed by atoms with Gasteiger partial charge in [-0.15, -0.1) is 0 Å². The average Bonchev–Trinajstić information content (AvgIpc) is 2.89. The van der Waals surface area contributed by atoms with Crippen molar-refractivity contribution in [3.63, 3.8) is 0 Å². The summed E-state index contributed by atoms with van der Waals surface area (Å²) < 4.78 is 18.6. The summed E-state index contributed by atoms with van der Waals surface area (Å²) in [5.41, 5.74) is 0.260. The first-order chi connectivity index (χ1) is 11.5. The van der Waals surface area contributed by atoms with Gasteiger partial charge in [0.15, 0.2) is 0 Å². The second kappa shape index (κ2) is 6.94. The van der Waals surface area contributed by atoms with E-state index in [0.717, 1.165) is 6.07 Å². The van der Waals surface area contributed by atoms with Crippen LogP contribution in [0.1, 0.15) is 16.8 Å². The van der Waals surface area contributed by atoms with Crippen molar-refractivity contribution in [2.75, 3.05) is 33.4 Å². The number of rotatable bonds is 4. The van der Waals surface area contributed by atoms with E-state index in [2.05, 4.69) is 5.32 Å². The zero-order chi connectivity index (χ0) is 17.3. The maximum Gasteiger partial charge on any atom is 0.318 e. The molecule has 0 aromatic heterocycles. The maximum absolute atomic E-state index is 13.6. The quantitative estimate of drug-likeness (QED) is 0.894. The number of fused-ring (bicyclic) bond motifs is 1. The molecule has 2 heterocycles. The molecule has 3 amide bonds. The summed E-state index contributed by atoms with van der Waals surface area (Å²) >= 11 is 5.65. The number of benzene rings is 1. The van der Waals surface area contributed by atoms with Gasteiger partial charge in [-0.05, 0) is 24.6 Å². The molecule has 2 aliphatic heterocycles. The van der Waals surface area contributed by atoms with Crippen LogP contribution in [0, 0.1) is 5.82 Å². The molecule has 1 aromatic carbocycles. The Kier molecular flexibility index (Phi) is 4.91. The van der Waals surface area contributed by atoms with E-state index in [1.807, 2.05) is 0 Å². The van der Waals surface area contributed by atoms with Gasteiger partial charge in [0.05, 0.1) is 23.7 Å². The van der Waals surface area contributed by atoms with Gasteiger partial charge in [-0.1, -0.05) is 11.6 Å². The van der Waals surface area contributed by atoms with Gasteiger partial charge in [0.1, 0.15) is 5.82 Å². The van der Waals surface area contributed by atoms with Crippen molar-refractivity contribution in [3.8, 4) is 0 Å². The zero-order valence-electron chi connectivity index (χ0n) is 13.3. The Labute approximate surface area is 144 Å². The molecule has 0 aliphatic carbocycles. The first kappa shape index (κ1) is 17.0. The Balaban J connectivity index is 1.68. The van der Waals surface area contributed by atoms with Gasteiger partial charge in [-0.25, -0.2) is 9.18 Å². The molecule has 2 aliphatic rings. The number of methoxy groups -OCH3 is 1. The molecule has 1 N–H and O–H groups in total. The van der Waals surface area contributed by atoms with Crippen LogP contribution in [-0.2, 0) is 4.74 Å². The summed E-state index contributed by atoms with van der Waals surface area (Å²) in [4.78, 5) is 28.0. The fourth-order valence-corrected chi connectivity index (χ4v) is 3.42. The molecule has 6 nitrogen and oxygen atoms in total. The number of nitrogens with zero attached hydrogens (tertiary/aromatic N) is 2. The van der Waals surface area contributed by atoms with Crippen LogP contribution in [0.5, 0.6) is 0 Å². The minimum Gasteiger partial charge on any atom is -0.383 e. The number of urea groups is 1. The second-order valence-corrected chi connectivity index (χ2v) is 6.39. The highest BCUT2D eigenvalue weighted by Gasteiger charge is 2.43. The Morgan fingerprint density at radius 1 is 1.50 bits per heavy atom. The van der Waals surface area contributed by atoms with E-state index in [9.17, 15) is 14.0 Å². The molecule has 0 radical (unpaired) electrons. The van der Waals surface area contributed by atoms with Gasteiger partial charge in [0.25, 0.3) is 5.91 Å². The molecule has 2 atom stereocenters. The summed E-state index contributed by atoms with van der Waals surface area (Å²) in [6.45, 7) is 1.93. The number of ether oxygens (including phenoxy) is 1. The van der Waals surface area contributed by atoms with Crippen LogP contribution >= 0.6 is 11.6 Å². The minimum absolute atomic E-state index is 0.0119. The Morgan fingerprint density at radius 3 is 3.00 bits per heavy atom. The first-order valence-corrected chi connectivity index (χ1v) is 8.19. The molecule has 0 bridgehead atoms. The Hall–Kier alpha value is -1.86. The molecule has 8 heteroatoms. The molecule has 0 unspecified atom stereocenters. The van der Waals surface area contributed by atoms with Crippen LogP contribution in [0.3, 0.4) is 0 Å². The van der Waals surface area contributed by atoms with Crippen molar-refractivity contribution in [1.82, 2.24) is 15.1 Å². The Morgan fingerprint density at radius 2 is 2.29 bits per heavy atom. The van der Waals surface area contributed by atoms with Gasteiger partial charge >= 0.3 is 6.03 Å². The van der Waals surface area contributed by atoms with Gasteiger partial charge in [0, 0.05) is 32.3 Å². The van der Waals surface area contributed by atoms with E-state index in [1.54, 1.807) is 16.9 Å². The molecule has 1 aromatic rings. The van der Waals surface area contributed by atoms with Crippen LogP contribution in [0.4, 0.5) is 9.18 Å². The highest BCUT2D eigenvalue weighted by Crippen LogP contribution is 2.24. The topological polar surface area (TPSA) is 61.9 Å². The molecule has 2 saturated heterocycles. The van der Waals surface area contributed by atoms with Gasteiger partial charge in [-0.3, -0.25) is 4.79 Å². The molecule has 2 fully saturated rings. The standard InChI is InChI=1S/C16H19ClFN3O3/c1-24-7-6-21-14-4-5-20(9-13(14)19-16(21)23)15(22)10-2-3-11(17)12(18)8-10/h2-3,8,13-14H,4-7,9H2,1H3,(H,19,23)/t13-,14+/m1/s1. The van der Waals surface area contributed by atoms with Crippen LogP contribution in [0.25, 0.3) is 0 Å². The number of hydrogen-bond donors (Lipinski definition) is 1. The monoisotopic (exact) mass is 355 g/mol. The number of carbonyl (C=O) groups excluding carboxylic acids is 2. The predicted octanol–water partition coefficient (Wildman–Crippen LogP) is 1.73. The van der Waals surface area contributed by atoms with Crippen LogP contribution in [-0.4, -0.2) is 67.2 Å². The molecular formula is C16H19ClFN3O3. The fourth-order valence-electron chi connectivity index (χ4n) is 3.30. The van der Waals surface area contributed by atoms with Crippen molar-refractivity contribution in [2.24, 2.45) is 0 Å². The summed E-state index contributed by atoms with van der Waals surface area (Å²) in [6, 6.07) is 3.84. The van der Waals surface area contributed by atoms with E-state index in [1.165, 1.54) is 12.1 Å². The van der Waals surface area contributed by atoms with E-state index in [4.69, 9.17) is 16.3 Å². The summed E-state index contributed by atoms with van der Waals surface area (Å²) in [7, 11) is 1.60. The summed E-state index contributed by atoms with van der Waals surface area (Å²) in [5.74, 6) is -0.870. The van der Waals surface area contributed by atoms with Crippen molar-refractivity contribution >= 4 is 23.5 Å². The van der Waals surface area contributed by atoms with E-state index < -0.39 is 5.82 Å². The minimum atomic E-state index is -0.614. The average molecular weight is 356 g/mol. The zero-order valence-corrected chi connectivity index (χ0v) is 14.1. The summed E-state index contributed by atoms with van der Waals surface area (Å²) in [6.07, 6.45) is 0.676. The third-order valence-electron chi connectivity index (χ3n) is 4.54. The number of hydrogen-bond acceptors (Lipinski definition) is 3. The number of piperidine rings is 1. The van der Waals surface area contributed by atoms with Gasteiger partial charge in [-0.2, -0.15) is 0 Å². The van der Waals surface area contributed by atoms with E-state index >= 15 is 0 Å². The van der Waals surface area contributed by atoms with Crippen LogP contribution < -0.4 is 5.32 Å². The van der Waals surface area contributed by atoms with E-state index in [0.29, 0.717) is 32.7 Å².